The lowest BCUT2D eigenvalue weighted by Gasteiger charge is -2.26. The van der Waals surface area contributed by atoms with E-state index in [9.17, 15) is 9.90 Å². The summed E-state index contributed by atoms with van der Waals surface area (Å²) in [5, 5.41) is 13.5. The molecule has 1 saturated carbocycles. The van der Waals surface area contributed by atoms with Crippen molar-refractivity contribution < 1.29 is 14.6 Å². The number of carbonyl (C=O) groups is 1. The lowest BCUT2D eigenvalue weighted by atomic mass is 9.85. The van der Waals surface area contributed by atoms with Crippen LogP contribution in [0.3, 0.4) is 0 Å². The summed E-state index contributed by atoms with van der Waals surface area (Å²) < 4.78 is 5.39. The van der Waals surface area contributed by atoms with E-state index in [2.05, 4.69) is 12.2 Å². The Balaban J connectivity index is 1.78. The topological polar surface area (TPSA) is 61.8 Å². The Kier molecular flexibility index (Phi) is 7.53. The van der Waals surface area contributed by atoms with Crippen LogP contribution in [-0.4, -0.2) is 24.4 Å². The number of ether oxygens (including phenoxy) is 1. The molecule has 1 amide bonds. The van der Waals surface area contributed by atoms with Gasteiger partial charge in [0.05, 0.1) is 18.5 Å². The second kappa shape index (κ2) is 10.3. The number of nitrogens with zero attached hydrogens (tertiary/aromatic N) is 1. The first-order chi connectivity index (χ1) is 14.1. The predicted octanol–water partition coefficient (Wildman–Crippen LogP) is 5.96. The van der Waals surface area contributed by atoms with Crippen molar-refractivity contribution in [1.82, 2.24) is 5.32 Å². The van der Waals surface area contributed by atoms with Crippen molar-refractivity contribution in [2.24, 2.45) is 5.92 Å². The summed E-state index contributed by atoms with van der Waals surface area (Å²) in [6.07, 6.45) is 6.90. The Morgan fingerprint density at radius 3 is 2.55 bits per heavy atom. The number of para-hydroxylation sites is 1. The van der Waals surface area contributed by atoms with Crippen LogP contribution in [-0.2, 0) is 6.54 Å². The monoisotopic (exact) mass is 396 g/mol. The molecule has 1 aliphatic carbocycles. The van der Waals surface area contributed by atoms with Gasteiger partial charge in [0, 0.05) is 12.6 Å². The van der Waals surface area contributed by atoms with Crippen LogP contribution in [0, 0.1) is 5.92 Å². The Morgan fingerprint density at radius 1 is 1.17 bits per heavy atom. The van der Waals surface area contributed by atoms with E-state index in [-0.39, 0.29) is 0 Å². The van der Waals surface area contributed by atoms with Gasteiger partial charge in [-0.2, -0.15) is 0 Å². The summed E-state index contributed by atoms with van der Waals surface area (Å²) in [5.41, 5.74) is 2.19. The van der Waals surface area contributed by atoms with Crippen LogP contribution in [0.25, 0.3) is 0 Å². The average molecular weight is 397 g/mol. The number of methoxy groups -OCH3 is 1. The molecule has 0 spiro atoms. The van der Waals surface area contributed by atoms with Crippen LogP contribution >= 0.6 is 0 Å². The fourth-order valence-electron chi connectivity index (χ4n) is 4.27. The molecule has 29 heavy (non-hydrogen) atoms. The molecule has 5 heteroatoms. The minimum atomic E-state index is -1.00. The first kappa shape index (κ1) is 21.2. The number of amides is 1. The van der Waals surface area contributed by atoms with E-state index in [1.807, 2.05) is 36.4 Å². The van der Waals surface area contributed by atoms with Crippen molar-refractivity contribution in [3.05, 3.63) is 54.1 Å². The number of hydrogen-bond donors (Lipinski definition) is 2. The van der Waals surface area contributed by atoms with Gasteiger partial charge in [-0.25, -0.2) is 9.69 Å². The van der Waals surface area contributed by atoms with Gasteiger partial charge in [0.15, 0.2) is 0 Å². The lowest BCUT2D eigenvalue weighted by Crippen LogP contribution is -2.30. The molecule has 1 fully saturated rings. The van der Waals surface area contributed by atoms with Crippen molar-refractivity contribution in [3.8, 4) is 5.75 Å². The van der Waals surface area contributed by atoms with E-state index in [0.29, 0.717) is 24.0 Å². The third kappa shape index (κ3) is 5.73. The van der Waals surface area contributed by atoms with E-state index in [1.54, 1.807) is 19.2 Å². The minimum absolute atomic E-state index is 0.382. The zero-order valence-electron chi connectivity index (χ0n) is 17.4. The summed E-state index contributed by atoms with van der Waals surface area (Å²) in [7, 11) is 1.63. The van der Waals surface area contributed by atoms with E-state index in [0.717, 1.165) is 17.2 Å². The molecule has 2 aromatic carbocycles. The molecule has 0 saturated heterocycles. The van der Waals surface area contributed by atoms with Crippen molar-refractivity contribution in [2.75, 3.05) is 12.0 Å². The average Bonchev–Trinajstić information content (AvgIpc) is 2.74. The first-order valence-electron chi connectivity index (χ1n) is 10.6. The summed E-state index contributed by atoms with van der Waals surface area (Å²) in [4.78, 5) is 13.4. The number of nitrogens with one attached hydrogen (secondary N) is 1. The Hall–Kier alpha value is -2.53. The molecule has 0 aliphatic heterocycles. The molecule has 0 bridgehead atoms. The maximum atomic E-state index is 12.1. The highest BCUT2D eigenvalue weighted by Crippen LogP contribution is 2.32. The third-order valence-electron chi connectivity index (χ3n) is 5.79. The second-order valence-electron chi connectivity index (χ2n) is 7.97. The standard InChI is InChI=1S/C24H32N2O3/c1-18(15-19-9-5-3-6-10-19)25-17-20-16-22(29-2)13-14-23(20)26(24(27)28)21-11-7-4-8-12-21/h4,7-8,11-14,16,18-19,25H,3,5-6,9-10,15,17H2,1-2H3,(H,27,28). The number of carboxylic acid groups (broad SMARTS) is 1. The van der Waals surface area contributed by atoms with Crippen molar-refractivity contribution in [1.29, 1.82) is 0 Å². The summed E-state index contributed by atoms with van der Waals surface area (Å²) >= 11 is 0. The van der Waals surface area contributed by atoms with Gasteiger partial charge >= 0.3 is 6.09 Å². The van der Waals surface area contributed by atoms with Gasteiger partial charge in [-0.05, 0) is 55.2 Å². The molecule has 2 N–H and O–H groups in total. The number of benzene rings is 2. The largest absolute Gasteiger partial charge is 0.497 e. The van der Waals surface area contributed by atoms with Gasteiger partial charge < -0.3 is 15.2 Å². The van der Waals surface area contributed by atoms with Crippen LogP contribution < -0.4 is 15.0 Å². The van der Waals surface area contributed by atoms with Gasteiger partial charge in [0.2, 0.25) is 0 Å². The highest BCUT2D eigenvalue weighted by molar-refractivity contribution is 5.95. The smallest absolute Gasteiger partial charge is 0.416 e. The Morgan fingerprint density at radius 2 is 1.90 bits per heavy atom. The summed E-state index contributed by atoms with van der Waals surface area (Å²) in [6.45, 7) is 2.82. The molecule has 156 valence electrons. The Bertz CT molecular complexity index is 788. The minimum Gasteiger partial charge on any atom is -0.497 e. The highest BCUT2D eigenvalue weighted by atomic mass is 16.5. The van der Waals surface area contributed by atoms with Crippen molar-refractivity contribution in [3.63, 3.8) is 0 Å². The molecule has 0 aromatic heterocycles. The molecular formula is C24H32N2O3. The van der Waals surface area contributed by atoms with E-state index < -0.39 is 6.09 Å². The van der Waals surface area contributed by atoms with Gasteiger partial charge in [0.1, 0.15) is 5.75 Å². The van der Waals surface area contributed by atoms with Gasteiger partial charge in [-0.15, -0.1) is 0 Å². The van der Waals surface area contributed by atoms with Crippen LogP contribution in [0.2, 0.25) is 0 Å². The fourth-order valence-corrected chi connectivity index (χ4v) is 4.27. The zero-order chi connectivity index (χ0) is 20.6. The van der Waals surface area contributed by atoms with Gasteiger partial charge in [-0.1, -0.05) is 50.3 Å². The maximum absolute atomic E-state index is 12.1. The summed E-state index contributed by atoms with van der Waals surface area (Å²) in [6, 6.07) is 15.1. The van der Waals surface area contributed by atoms with Gasteiger partial charge in [0.25, 0.3) is 0 Å². The molecular weight excluding hydrogens is 364 g/mol. The first-order valence-corrected chi connectivity index (χ1v) is 10.6. The molecule has 0 heterocycles. The van der Waals surface area contributed by atoms with E-state index in [1.165, 1.54) is 43.4 Å². The van der Waals surface area contributed by atoms with Crippen LogP contribution in [0.5, 0.6) is 5.75 Å². The molecule has 3 rings (SSSR count). The van der Waals surface area contributed by atoms with Crippen molar-refractivity contribution in [2.45, 2.75) is 58.0 Å². The number of hydrogen-bond acceptors (Lipinski definition) is 3. The van der Waals surface area contributed by atoms with Crippen LogP contribution in [0.1, 0.15) is 51.0 Å². The van der Waals surface area contributed by atoms with Gasteiger partial charge in [-0.3, -0.25) is 0 Å². The number of anilines is 2. The lowest BCUT2D eigenvalue weighted by molar-refractivity contribution is 0.204. The molecule has 2 aromatic rings. The fraction of sp³-hybridized carbons (Fsp3) is 0.458. The van der Waals surface area contributed by atoms with E-state index >= 15 is 0 Å². The molecule has 1 aliphatic rings. The van der Waals surface area contributed by atoms with E-state index in [4.69, 9.17) is 4.74 Å². The quantitative estimate of drug-likeness (QED) is 0.578. The normalized spacial score (nSPS) is 15.7. The Labute approximate surface area is 173 Å². The predicted molar refractivity (Wildman–Crippen MR) is 117 cm³/mol. The summed E-state index contributed by atoms with van der Waals surface area (Å²) in [5.74, 6) is 1.53. The van der Waals surface area contributed by atoms with Crippen LogP contribution in [0.15, 0.2) is 48.5 Å². The number of rotatable bonds is 8. The molecule has 1 atom stereocenters. The SMILES string of the molecule is COc1ccc(N(C(=O)O)c2ccccc2)c(CNC(C)CC2CCCCC2)c1. The van der Waals surface area contributed by atoms with Crippen LogP contribution in [0.4, 0.5) is 16.2 Å². The maximum Gasteiger partial charge on any atom is 0.416 e. The molecule has 5 nitrogen and oxygen atoms in total. The molecule has 1 unspecified atom stereocenters. The van der Waals surface area contributed by atoms with Crippen molar-refractivity contribution >= 4 is 17.5 Å². The second-order valence-corrected chi connectivity index (χ2v) is 7.97. The molecule has 0 radical (unpaired) electrons. The highest BCUT2D eigenvalue weighted by Gasteiger charge is 2.21. The third-order valence-corrected chi connectivity index (χ3v) is 5.79. The zero-order valence-corrected chi connectivity index (χ0v) is 17.4.